The monoisotopic (exact) mass is 420 g/mol. The highest BCUT2D eigenvalue weighted by molar-refractivity contribution is 9.10. The van der Waals surface area contributed by atoms with Gasteiger partial charge in [0.05, 0.1) is 12.7 Å². The summed E-state index contributed by atoms with van der Waals surface area (Å²) < 4.78 is 7.19. The van der Waals surface area contributed by atoms with E-state index in [4.69, 9.17) is 4.74 Å². The molecule has 5 nitrogen and oxygen atoms in total. The molecule has 2 heterocycles. The van der Waals surface area contributed by atoms with Crippen LogP contribution in [0.1, 0.15) is 31.2 Å². The number of morpholine rings is 1. The number of aliphatic imine (C=N–C) groups is 1. The summed E-state index contributed by atoms with van der Waals surface area (Å²) in [4.78, 5) is 6.98. The Morgan fingerprint density at radius 3 is 3.04 bits per heavy atom. The number of ether oxygens (including phenoxy) is 1. The second kappa shape index (κ2) is 7.87. The topological polar surface area (TPSA) is 48.9 Å². The Hall–Kier alpha value is -1.11. The molecule has 4 rings (SSSR count). The Balaban J connectivity index is 1.26. The summed E-state index contributed by atoms with van der Waals surface area (Å²) in [5.41, 5.74) is 1.66. The fourth-order valence-electron chi connectivity index (χ4n) is 4.23. The van der Waals surface area contributed by atoms with Crippen molar-refractivity contribution in [3.05, 3.63) is 34.3 Å². The lowest BCUT2D eigenvalue weighted by Crippen LogP contribution is -2.51. The third-order valence-electron chi connectivity index (χ3n) is 6.07. The summed E-state index contributed by atoms with van der Waals surface area (Å²) in [6.45, 7) is 4.88. The zero-order chi connectivity index (χ0) is 18.0. The molecule has 0 amide bonds. The molecule has 2 aliphatic heterocycles. The van der Waals surface area contributed by atoms with Crippen LogP contribution in [-0.4, -0.2) is 62.8 Å². The molecular weight excluding hydrogens is 392 g/mol. The van der Waals surface area contributed by atoms with Crippen molar-refractivity contribution in [3.8, 4) is 0 Å². The van der Waals surface area contributed by atoms with Gasteiger partial charge < -0.3 is 15.4 Å². The van der Waals surface area contributed by atoms with Gasteiger partial charge in [0.2, 0.25) is 0 Å². The summed E-state index contributed by atoms with van der Waals surface area (Å²) in [7, 11) is 1.84. The maximum Gasteiger partial charge on any atom is 0.191 e. The van der Waals surface area contributed by atoms with Crippen molar-refractivity contribution < 1.29 is 4.74 Å². The first-order chi connectivity index (χ1) is 12.7. The van der Waals surface area contributed by atoms with Gasteiger partial charge in [0.15, 0.2) is 5.96 Å². The summed E-state index contributed by atoms with van der Waals surface area (Å²) in [5.74, 6) is 0.874. The maximum atomic E-state index is 6.03. The number of rotatable bonds is 5. The molecule has 0 radical (unpaired) electrons. The molecule has 2 saturated heterocycles. The summed E-state index contributed by atoms with van der Waals surface area (Å²) in [6, 6.07) is 9.34. The lowest BCUT2D eigenvalue weighted by molar-refractivity contribution is -0.0453. The zero-order valence-electron chi connectivity index (χ0n) is 15.5. The van der Waals surface area contributed by atoms with Gasteiger partial charge in [-0.15, -0.1) is 0 Å². The molecule has 3 fully saturated rings. The van der Waals surface area contributed by atoms with E-state index in [1.165, 1.54) is 37.8 Å². The summed E-state index contributed by atoms with van der Waals surface area (Å²) in [6.07, 6.45) is 5.32. The fraction of sp³-hybridized carbons (Fsp3) is 0.650. The quantitative estimate of drug-likeness (QED) is 0.567. The third-order valence-corrected chi connectivity index (χ3v) is 6.56. The molecular formula is C20H29BrN4O. The van der Waals surface area contributed by atoms with Crippen LogP contribution in [0.4, 0.5) is 0 Å². The number of fused-ring (bicyclic) bond motifs is 1. The number of hydrogen-bond acceptors (Lipinski definition) is 3. The van der Waals surface area contributed by atoms with E-state index in [-0.39, 0.29) is 11.5 Å². The SMILES string of the molecule is CN=C(NCC1CN2CCCC2CO1)NCC1(c2cccc(Br)c2)CC1. The van der Waals surface area contributed by atoms with Crippen molar-refractivity contribution in [1.29, 1.82) is 0 Å². The molecule has 2 unspecified atom stereocenters. The highest BCUT2D eigenvalue weighted by atomic mass is 79.9. The zero-order valence-corrected chi connectivity index (χ0v) is 17.1. The number of guanidine groups is 1. The number of nitrogens with zero attached hydrogens (tertiary/aromatic N) is 2. The standard InChI is InChI=1S/C20H29BrN4O/c1-22-19(23-11-18-12-25-9-3-6-17(25)13-26-18)24-14-20(7-8-20)15-4-2-5-16(21)10-15/h2,4-5,10,17-18H,3,6-9,11-14H2,1H3,(H2,22,23,24). The number of benzene rings is 1. The minimum atomic E-state index is 0.253. The van der Waals surface area contributed by atoms with Crippen molar-refractivity contribution >= 4 is 21.9 Å². The Morgan fingerprint density at radius 1 is 1.38 bits per heavy atom. The van der Waals surface area contributed by atoms with Crippen LogP contribution in [-0.2, 0) is 10.2 Å². The van der Waals surface area contributed by atoms with Crippen LogP contribution in [0.15, 0.2) is 33.7 Å². The molecule has 1 aliphatic carbocycles. The van der Waals surface area contributed by atoms with Gasteiger partial charge in [-0.1, -0.05) is 28.1 Å². The van der Waals surface area contributed by atoms with E-state index >= 15 is 0 Å². The van der Waals surface area contributed by atoms with Gasteiger partial charge in [-0.3, -0.25) is 9.89 Å². The van der Waals surface area contributed by atoms with Crippen molar-refractivity contribution in [2.24, 2.45) is 4.99 Å². The lowest BCUT2D eigenvalue weighted by Gasteiger charge is -2.35. The predicted molar refractivity (Wildman–Crippen MR) is 109 cm³/mol. The molecule has 6 heteroatoms. The second-order valence-electron chi connectivity index (χ2n) is 7.84. The van der Waals surface area contributed by atoms with Gasteiger partial charge in [-0.25, -0.2) is 0 Å². The lowest BCUT2D eigenvalue weighted by atomic mass is 9.96. The van der Waals surface area contributed by atoms with E-state index in [2.05, 4.69) is 60.7 Å². The first kappa shape index (κ1) is 18.3. The van der Waals surface area contributed by atoms with Gasteiger partial charge in [0, 0.05) is 42.6 Å². The van der Waals surface area contributed by atoms with Gasteiger partial charge in [0.25, 0.3) is 0 Å². The first-order valence-electron chi connectivity index (χ1n) is 9.75. The minimum Gasteiger partial charge on any atom is -0.373 e. The van der Waals surface area contributed by atoms with E-state index in [0.29, 0.717) is 6.04 Å². The van der Waals surface area contributed by atoms with Crippen LogP contribution in [0.25, 0.3) is 0 Å². The van der Waals surface area contributed by atoms with Crippen LogP contribution in [0.5, 0.6) is 0 Å². The van der Waals surface area contributed by atoms with E-state index in [1.54, 1.807) is 0 Å². The molecule has 1 aromatic carbocycles. The summed E-state index contributed by atoms with van der Waals surface area (Å²) >= 11 is 3.59. The fourth-order valence-corrected chi connectivity index (χ4v) is 4.63. The average molecular weight is 421 g/mol. The molecule has 2 atom stereocenters. The van der Waals surface area contributed by atoms with Crippen LogP contribution >= 0.6 is 15.9 Å². The van der Waals surface area contributed by atoms with Crippen molar-refractivity contribution in [2.75, 3.05) is 39.8 Å². The van der Waals surface area contributed by atoms with Crippen LogP contribution in [0.3, 0.4) is 0 Å². The molecule has 0 aromatic heterocycles. The Morgan fingerprint density at radius 2 is 2.27 bits per heavy atom. The van der Waals surface area contributed by atoms with Gasteiger partial charge in [-0.05, 0) is 49.9 Å². The number of nitrogens with one attached hydrogen (secondary N) is 2. The molecule has 2 N–H and O–H groups in total. The largest absolute Gasteiger partial charge is 0.373 e. The van der Waals surface area contributed by atoms with Crippen molar-refractivity contribution in [1.82, 2.24) is 15.5 Å². The normalized spacial score (nSPS) is 27.8. The van der Waals surface area contributed by atoms with E-state index < -0.39 is 0 Å². The number of hydrogen-bond donors (Lipinski definition) is 2. The van der Waals surface area contributed by atoms with Crippen LogP contribution in [0, 0.1) is 0 Å². The predicted octanol–water partition coefficient (Wildman–Crippen LogP) is 2.51. The van der Waals surface area contributed by atoms with Crippen LogP contribution in [0.2, 0.25) is 0 Å². The van der Waals surface area contributed by atoms with Gasteiger partial charge in [0.1, 0.15) is 0 Å². The van der Waals surface area contributed by atoms with E-state index in [0.717, 1.165) is 36.7 Å². The Bertz CT molecular complexity index is 661. The smallest absolute Gasteiger partial charge is 0.191 e. The highest BCUT2D eigenvalue weighted by Crippen LogP contribution is 2.48. The van der Waals surface area contributed by atoms with Crippen molar-refractivity contribution in [2.45, 2.75) is 43.2 Å². The molecule has 142 valence electrons. The molecule has 0 spiro atoms. The Labute approximate surface area is 164 Å². The molecule has 3 aliphatic rings. The van der Waals surface area contributed by atoms with E-state index in [1.807, 2.05) is 7.05 Å². The van der Waals surface area contributed by atoms with Gasteiger partial charge >= 0.3 is 0 Å². The third kappa shape index (κ3) is 4.07. The molecule has 0 bridgehead atoms. The highest BCUT2D eigenvalue weighted by Gasteiger charge is 2.44. The Kier molecular flexibility index (Phi) is 5.53. The van der Waals surface area contributed by atoms with Crippen molar-refractivity contribution in [3.63, 3.8) is 0 Å². The molecule has 1 aromatic rings. The first-order valence-corrected chi connectivity index (χ1v) is 10.5. The van der Waals surface area contributed by atoms with Gasteiger partial charge in [-0.2, -0.15) is 0 Å². The second-order valence-corrected chi connectivity index (χ2v) is 8.76. The minimum absolute atomic E-state index is 0.253. The maximum absolute atomic E-state index is 6.03. The average Bonchev–Trinajstić information content (AvgIpc) is 3.31. The van der Waals surface area contributed by atoms with Crippen LogP contribution < -0.4 is 10.6 Å². The molecule has 1 saturated carbocycles. The number of halogens is 1. The van der Waals surface area contributed by atoms with E-state index in [9.17, 15) is 0 Å². The summed E-state index contributed by atoms with van der Waals surface area (Å²) in [5, 5.41) is 6.99. The molecule has 26 heavy (non-hydrogen) atoms.